The highest BCUT2D eigenvalue weighted by Crippen LogP contribution is 2.20. The van der Waals surface area contributed by atoms with E-state index < -0.39 is 0 Å². The second kappa shape index (κ2) is 7.57. The Kier molecular flexibility index (Phi) is 5.25. The van der Waals surface area contributed by atoms with Crippen LogP contribution in [-0.4, -0.2) is 59.8 Å². The first-order valence-electron chi connectivity index (χ1n) is 8.20. The molecule has 1 aliphatic heterocycles. The van der Waals surface area contributed by atoms with E-state index in [1.165, 1.54) is 13.0 Å². The van der Waals surface area contributed by atoms with E-state index in [1.807, 2.05) is 24.3 Å². The van der Waals surface area contributed by atoms with Gasteiger partial charge in [-0.1, -0.05) is 12.1 Å². The van der Waals surface area contributed by atoms with E-state index in [0.717, 1.165) is 44.0 Å². The van der Waals surface area contributed by atoms with Crippen molar-refractivity contribution in [3.63, 3.8) is 0 Å². The molecule has 0 aliphatic carbocycles. The van der Waals surface area contributed by atoms with Gasteiger partial charge in [-0.3, -0.25) is 4.90 Å². The van der Waals surface area contributed by atoms with Crippen LogP contribution in [0.2, 0.25) is 0 Å². The molecule has 1 saturated heterocycles. The molecule has 23 heavy (non-hydrogen) atoms. The fraction of sp³-hybridized carbons (Fsp3) is 0.529. The van der Waals surface area contributed by atoms with Gasteiger partial charge in [0.1, 0.15) is 5.75 Å². The number of piperazine rings is 1. The standard InChI is InChI=1S/C17H24N4O2/c1-3-8-20-9-11-21(12-10-20)13-16-18-17(19-23-16)14-4-6-15(22-2)7-5-14/h4-7H,3,8-13H2,1-2H3. The minimum absolute atomic E-state index is 0.632. The molecule has 0 atom stereocenters. The Morgan fingerprint density at radius 1 is 1.09 bits per heavy atom. The second-order valence-electron chi connectivity index (χ2n) is 5.86. The summed E-state index contributed by atoms with van der Waals surface area (Å²) in [5, 5.41) is 4.09. The highest BCUT2D eigenvalue weighted by atomic mass is 16.5. The van der Waals surface area contributed by atoms with Crippen LogP contribution in [0.1, 0.15) is 19.2 Å². The normalized spacial score (nSPS) is 16.6. The number of aromatic nitrogens is 2. The number of methoxy groups -OCH3 is 1. The molecule has 6 nitrogen and oxygen atoms in total. The van der Waals surface area contributed by atoms with Crippen LogP contribution in [0.4, 0.5) is 0 Å². The van der Waals surface area contributed by atoms with Crippen LogP contribution in [0.15, 0.2) is 28.8 Å². The second-order valence-corrected chi connectivity index (χ2v) is 5.86. The first-order chi connectivity index (χ1) is 11.3. The fourth-order valence-electron chi connectivity index (χ4n) is 2.85. The lowest BCUT2D eigenvalue weighted by molar-refractivity contribution is 0.117. The van der Waals surface area contributed by atoms with Gasteiger partial charge in [0.05, 0.1) is 13.7 Å². The number of ether oxygens (including phenoxy) is 1. The smallest absolute Gasteiger partial charge is 0.241 e. The predicted octanol–water partition coefficient (Wildman–Crippen LogP) is 2.27. The maximum atomic E-state index is 5.41. The van der Waals surface area contributed by atoms with Crippen LogP contribution in [0.5, 0.6) is 5.75 Å². The van der Waals surface area contributed by atoms with Gasteiger partial charge in [0, 0.05) is 31.7 Å². The molecule has 1 fully saturated rings. The van der Waals surface area contributed by atoms with Gasteiger partial charge in [-0.15, -0.1) is 0 Å². The summed E-state index contributed by atoms with van der Waals surface area (Å²) in [6.07, 6.45) is 1.22. The summed E-state index contributed by atoms with van der Waals surface area (Å²) in [7, 11) is 1.65. The van der Waals surface area contributed by atoms with Gasteiger partial charge in [0.25, 0.3) is 0 Å². The molecule has 0 radical (unpaired) electrons. The molecular weight excluding hydrogens is 292 g/mol. The van der Waals surface area contributed by atoms with E-state index in [-0.39, 0.29) is 0 Å². The summed E-state index contributed by atoms with van der Waals surface area (Å²) in [6, 6.07) is 7.69. The Morgan fingerprint density at radius 3 is 2.43 bits per heavy atom. The third kappa shape index (κ3) is 4.09. The Bertz CT molecular complexity index is 603. The number of hydrogen-bond donors (Lipinski definition) is 0. The lowest BCUT2D eigenvalue weighted by atomic mass is 10.2. The summed E-state index contributed by atoms with van der Waals surface area (Å²) in [4.78, 5) is 9.39. The zero-order chi connectivity index (χ0) is 16.1. The van der Waals surface area contributed by atoms with Crippen LogP contribution in [-0.2, 0) is 6.54 Å². The molecule has 0 spiro atoms. The molecule has 0 unspecified atom stereocenters. The van der Waals surface area contributed by atoms with Crippen molar-refractivity contribution in [2.24, 2.45) is 0 Å². The zero-order valence-electron chi connectivity index (χ0n) is 13.9. The largest absolute Gasteiger partial charge is 0.497 e. The van der Waals surface area contributed by atoms with Crippen molar-refractivity contribution >= 4 is 0 Å². The Balaban J connectivity index is 1.57. The maximum Gasteiger partial charge on any atom is 0.241 e. The third-order valence-electron chi connectivity index (χ3n) is 4.18. The molecule has 0 bridgehead atoms. The monoisotopic (exact) mass is 316 g/mol. The molecule has 1 aromatic heterocycles. The Labute approximate surface area is 137 Å². The van der Waals surface area contributed by atoms with Gasteiger partial charge in [0.15, 0.2) is 0 Å². The predicted molar refractivity (Wildman–Crippen MR) is 88.3 cm³/mol. The van der Waals surface area contributed by atoms with Crippen molar-refractivity contribution in [2.45, 2.75) is 19.9 Å². The molecular formula is C17H24N4O2. The Morgan fingerprint density at radius 2 is 1.78 bits per heavy atom. The van der Waals surface area contributed by atoms with Gasteiger partial charge in [-0.2, -0.15) is 4.98 Å². The lowest BCUT2D eigenvalue weighted by Gasteiger charge is -2.33. The van der Waals surface area contributed by atoms with E-state index in [1.54, 1.807) is 7.11 Å². The zero-order valence-corrected chi connectivity index (χ0v) is 13.9. The molecule has 0 N–H and O–H groups in total. The minimum Gasteiger partial charge on any atom is -0.497 e. The molecule has 1 aliphatic rings. The average molecular weight is 316 g/mol. The number of benzene rings is 1. The Hall–Kier alpha value is -1.92. The number of hydrogen-bond acceptors (Lipinski definition) is 6. The minimum atomic E-state index is 0.632. The van der Waals surface area contributed by atoms with Crippen LogP contribution < -0.4 is 4.74 Å². The molecule has 2 heterocycles. The van der Waals surface area contributed by atoms with Gasteiger partial charge < -0.3 is 14.2 Å². The topological polar surface area (TPSA) is 54.6 Å². The van der Waals surface area contributed by atoms with Gasteiger partial charge in [0.2, 0.25) is 11.7 Å². The summed E-state index contributed by atoms with van der Waals surface area (Å²) >= 11 is 0. The molecule has 3 rings (SSSR count). The first kappa shape index (κ1) is 16.0. The van der Waals surface area contributed by atoms with Crippen molar-refractivity contribution in [2.75, 3.05) is 39.8 Å². The molecule has 6 heteroatoms. The van der Waals surface area contributed by atoms with E-state index in [9.17, 15) is 0 Å². The summed E-state index contributed by atoms with van der Waals surface area (Å²) in [5.74, 6) is 2.13. The third-order valence-corrected chi connectivity index (χ3v) is 4.18. The van der Waals surface area contributed by atoms with Crippen LogP contribution in [0.25, 0.3) is 11.4 Å². The van der Waals surface area contributed by atoms with Crippen molar-refractivity contribution in [3.05, 3.63) is 30.2 Å². The van der Waals surface area contributed by atoms with Gasteiger partial charge >= 0.3 is 0 Å². The quantitative estimate of drug-likeness (QED) is 0.815. The highest BCUT2D eigenvalue weighted by Gasteiger charge is 2.18. The lowest BCUT2D eigenvalue weighted by Crippen LogP contribution is -2.46. The van der Waals surface area contributed by atoms with E-state index in [0.29, 0.717) is 11.7 Å². The van der Waals surface area contributed by atoms with Gasteiger partial charge in [-0.05, 0) is 37.2 Å². The summed E-state index contributed by atoms with van der Waals surface area (Å²) < 4.78 is 10.6. The molecule has 124 valence electrons. The summed E-state index contributed by atoms with van der Waals surface area (Å²) in [6.45, 7) is 8.49. The van der Waals surface area contributed by atoms with Crippen molar-refractivity contribution < 1.29 is 9.26 Å². The number of nitrogens with zero attached hydrogens (tertiary/aromatic N) is 4. The fourth-order valence-corrected chi connectivity index (χ4v) is 2.85. The van der Waals surface area contributed by atoms with Crippen molar-refractivity contribution in [1.82, 2.24) is 19.9 Å². The van der Waals surface area contributed by atoms with Crippen molar-refractivity contribution in [1.29, 1.82) is 0 Å². The molecule has 1 aromatic carbocycles. The first-order valence-corrected chi connectivity index (χ1v) is 8.20. The average Bonchev–Trinajstić information content (AvgIpc) is 3.05. The van der Waals surface area contributed by atoms with E-state index in [2.05, 4.69) is 26.9 Å². The van der Waals surface area contributed by atoms with Crippen LogP contribution in [0.3, 0.4) is 0 Å². The maximum absolute atomic E-state index is 5.41. The van der Waals surface area contributed by atoms with E-state index >= 15 is 0 Å². The molecule has 0 amide bonds. The highest BCUT2D eigenvalue weighted by molar-refractivity contribution is 5.55. The SMILES string of the molecule is CCCN1CCN(Cc2nc(-c3ccc(OC)cc3)no2)CC1. The molecule has 0 saturated carbocycles. The van der Waals surface area contributed by atoms with Gasteiger partial charge in [-0.25, -0.2) is 0 Å². The van der Waals surface area contributed by atoms with Crippen molar-refractivity contribution in [3.8, 4) is 17.1 Å². The van der Waals surface area contributed by atoms with Crippen LogP contribution >= 0.6 is 0 Å². The van der Waals surface area contributed by atoms with E-state index in [4.69, 9.17) is 9.26 Å². The molecule has 2 aromatic rings. The van der Waals surface area contributed by atoms with Crippen LogP contribution in [0, 0.1) is 0 Å². The summed E-state index contributed by atoms with van der Waals surface area (Å²) in [5.41, 5.74) is 0.938. The number of rotatable bonds is 6.